The van der Waals surface area contributed by atoms with Crippen LogP contribution in [-0.4, -0.2) is 73.5 Å². The quantitative estimate of drug-likeness (QED) is 0.416. The number of rotatable bonds is 9. The molecule has 1 saturated heterocycles. The van der Waals surface area contributed by atoms with Crippen molar-refractivity contribution in [2.45, 2.75) is 56.7 Å². The zero-order valence-corrected chi connectivity index (χ0v) is 24.1. The number of carbonyl (C=O) groups is 3. The second kappa shape index (κ2) is 12.7. The second-order valence-corrected chi connectivity index (χ2v) is 12.2. The zero-order chi connectivity index (χ0) is 28.9. The summed E-state index contributed by atoms with van der Waals surface area (Å²) < 4.78 is -0.567. The fourth-order valence-corrected chi connectivity index (χ4v) is 6.09. The number of carbonyl (C=O) groups excluding carboxylic acids is 3. The van der Waals surface area contributed by atoms with Gasteiger partial charge in [-0.05, 0) is 50.5 Å². The smallest absolute Gasteiger partial charge is 0.254 e. The van der Waals surface area contributed by atoms with Crippen molar-refractivity contribution in [3.05, 3.63) is 101 Å². The molecule has 3 aromatic rings. The van der Waals surface area contributed by atoms with Crippen molar-refractivity contribution >= 4 is 29.5 Å². The van der Waals surface area contributed by atoms with Gasteiger partial charge in [-0.1, -0.05) is 60.7 Å². The molecular weight excluding hydrogens is 524 g/mol. The molecule has 40 heavy (non-hydrogen) atoms. The molecule has 2 aromatic carbocycles. The second-order valence-electron chi connectivity index (χ2n) is 10.6. The van der Waals surface area contributed by atoms with Crippen LogP contribution in [0.3, 0.4) is 0 Å². The number of hydrogen-bond acceptors (Lipinski definition) is 6. The molecule has 1 aliphatic heterocycles. The molecule has 0 radical (unpaired) electrons. The van der Waals surface area contributed by atoms with Gasteiger partial charge in [-0.3, -0.25) is 19.4 Å². The number of aliphatic hydroxyl groups is 1. The van der Waals surface area contributed by atoms with Gasteiger partial charge in [0.05, 0.1) is 17.5 Å². The number of thioether (sulfide) groups is 1. The molecule has 0 saturated carbocycles. The van der Waals surface area contributed by atoms with Crippen LogP contribution in [0.2, 0.25) is 0 Å². The Labute approximate surface area is 239 Å². The number of aliphatic hydroxyl groups excluding tert-OH is 1. The third-order valence-corrected chi connectivity index (χ3v) is 8.58. The van der Waals surface area contributed by atoms with Crippen molar-refractivity contribution < 1.29 is 19.5 Å². The highest BCUT2D eigenvalue weighted by atomic mass is 32.2. The van der Waals surface area contributed by atoms with Crippen molar-refractivity contribution in [1.29, 1.82) is 0 Å². The molecular formula is C31H36N4O4S. The number of nitrogens with one attached hydrogen (secondary N) is 1. The maximum absolute atomic E-state index is 13.9. The third kappa shape index (κ3) is 6.71. The lowest BCUT2D eigenvalue weighted by Crippen LogP contribution is -2.58. The summed E-state index contributed by atoms with van der Waals surface area (Å²) in [5.74, 6) is -0.959. The lowest BCUT2D eigenvalue weighted by molar-refractivity contribution is -0.150. The standard InChI is InChI=1S/C31H36N4O4S/c1-21-24(16-11-17-32-21)28(37)33-25(18-22-12-7-5-8-13-22)26(36)29(38)35-20-40-31(2,3)27(35)30(39)34(4)19-23-14-9-6-10-15-23/h5-17,25-27,36H,18-20H2,1-4H3,(H,33,37)/t25-,26-,27?/m0/s1. The Bertz CT molecular complexity index is 1340. The van der Waals surface area contributed by atoms with E-state index >= 15 is 0 Å². The minimum Gasteiger partial charge on any atom is -0.381 e. The van der Waals surface area contributed by atoms with E-state index in [4.69, 9.17) is 0 Å². The number of nitrogens with zero attached hydrogens (tertiary/aromatic N) is 3. The minimum atomic E-state index is -1.56. The average molecular weight is 561 g/mol. The van der Waals surface area contributed by atoms with Gasteiger partial charge in [-0.15, -0.1) is 11.8 Å². The summed E-state index contributed by atoms with van der Waals surface area (Å²) in [6.07, 6.45) is 0.269. The van der Waals surface area contributed by atoms with E-state index in [2.05, 4.69) is 10.3 Å². The van der Waals surface area contributed by atoms with Gasteiger partial charge in [0.1, 0.15) is 6.04 Å². The van der Waals surface area contributed by atoms with Crippen LogP contribution >= 0.6 is 11.8 Å². The fraction of sp³-hybridized carbons (Fsp3) is 0.355. The van der Waals surface area contributed by atoms with Crippen LogP contribution in [-0.2, 0) is 22.6 Å². The number of aromatic nitrogens is 1. The van der Waals surface area contributed by atoms with E-state index in [9.17, 15) is 19.5 Å². The van der Waals surface area contributed by atoms with E-state index < -0.39 is 34.7 Å². The first-order valence-corrected chi connectivity index (χ1v) is 14.2. The van der Waals surface area contributed by atoms with Gasteiger partial charge in [0.15, 0.2) is 6.10 Å². The molecule has 0 aliphatic carbocycles. The Morgan fingerprint density at radius 1 is 1.05 bits per heavy atom. The fourth-order valence-electron chi connectivity index (χ4n) is 4.95. The van der Waals surface area contributed by atoms with Gasteiger partial charge in [0.25, 0.3) is 11.8 Å². The van der Waals surface area contributed by atoms with E-state index in [1.807, 2.05) is 74.5 Å². The summed E-state index contributed by atoms with van der Waals surface area (Å²) in [4.78, 5) is 48.1. The van der Waals surface area contributed by atoms with Crippen molar-refractivity contribution in [3.63, 3.8) is 0 Å². The van der Waals surface area contributed by atoms with Crippen molar-refractivity contribution in [2.75, 3.05) is 12.9 Å². The number of likely N-dealkylation sites (N-methyl/N-ethyl adjacent to an activating group) is 1. The first kappa shape index (κ1) is 29.3. The van der Waals surface area contributed by atoms with Gasteiger partial charge in [-0.25, -0.2) is 0 Å². The molecule has 8 nitrogen and oxygen atoms in total. The van der Waals surface area contributed by atoms with Crippen molar-refractivity contribution in [3.8, 4) is 0 Å². The first-order chi connectivity index (χ1) is 19.1. The molecule has 1 unspecified atom stereocenters. The van der Waals surface area contributed by atoms with Crippen LogP contribution in [0.5, 0.6) is 0 Å². The van der Waals surface area contributed by atoms with E-state index in [0.717, 1.165) is 11.1 Å². The molecule has 1 fully saturated rings. The monoisotopic (exact) mass is 560 g/mol. The van der Waals surface area contributed by atoms with Gasteiger partial charge in [-0.2, -0.15) is 0 Å². The van der Waals surface area contributed by atoms with Crippen molar-refractivity contribution in [1.82, 2.24) is 20.1 Å². The molecule has 4 rings (SSSR count). The highest BCUT2D eigenvalue weighted by Gasteiger charge is 2.50. The molecule has 9 heteroatoms. The molecule has 3 amide bonds. The van der Waals surface area contributed by atoms with Gasteiger partial charge in [0.2, 0.25) is 5.91 Å². The molecule has 3 atom stereocenters. The largest absolute Gasteiger partial charge is 0.381 e. The Hall–Kier alpha value is -3.69. The van der Waals surface area contributed by atoms with Crippen LogP contribution in [0.15, 0.2) is 79.0 Å². The number of hydrogen-bond donors (Lipinski definition) is 2. The average Bonchev–Trinajstić information content (AvgIpc) is 3.27. The molecule has 1 aromatic heterocycles. The van der Waals surface area contributed by atoms with Gasteiger partial charge < -0.3 is 20.2 Å². The normalized spacial score (nSPS) is 17.6. The summed E-state index contributed by atoms with van der Waals surface area (Å²) >= 11 is 1.49. The number of amides is 3. The highest BCUT2D eigenvalue weighted by Crippen LogP contribution is 2.40. The maximum Gasteiger partial charge on any atom is 0.254 e. The van der Waals surface area contributed by atoms with E-state index in [0.29, 0.717) is 17.8 Å². The maximum atomic E-state index is 13.9. The minimum absolute atomic E-state index is 0.200. The number of aryl methyl sites for hydroxylation is 1. The molecule has 1 aliphatic rings. The van der Waals surface area contributed by atoms with Crippen LogP contribution in [0.4, 0.5) is 0 Å². The van der Waals surface area contributed by atoms with Gasteiger partial charge in [0, 0.05) is 30.2 Å². The molecule has 2 heterocycles. The number of benzene rings is 2. The van der Waals surface area contributed by atoms with E-state index in [1.165, 1.54) is 16.7 Å². The Balaban J connectivity index is 1.57. The lowest BCUT2D eigenvalue weighted by atomic mass is 9.96. The van der Waals surface area contributed by atoms with Crippen LogP contribution in [0.25, 0.3) is 0 Å². The van der Waals surface area contributed by atoms with Crippen molar-refractivity contribution in [2.24, 2.45) is 0 Å². The van der Waals surface area contributed by atoms with Crippen LogP contribution in [0.1, 0.15) is 41.0 Å². The summed E-state index contributed by atoms with van der Waals surface area (Å²) in [6.45, 7) is 6.00. The Kier molecular flexibility index (Phi) is 9.27. The summed E-state index contributed by atoms with van der Waals surface area (Å²) in [6, 6.07) is 20.7. The SMILES string of the molecule is Cc1ncccc1C(=O)N[C@@H](Cc1ccccc1)[C@H](O)C(=O)N1CSC(C)(C)C1C(=O)N(C)Cc1ccccc1. The first-order valence-electron chi connectivity index (χ1n) is 13.3. The summed E-state index contributed by atoms with van der Waals surface area (Å²) in [5, 5.41) is 14.3. The molecule has 0 bridgehead atoms. The van der Waals surface area contributed by atoms with Crippen LogP contribution in [0, 0.1) is 6.92 Å². The zero-order valence-electron chi connectivity index (χ0n) is 23.3. The summed E-state index contributed by atoms with van der Waals surface area (Å²) in [5.41, 5.74) is 2.75. The lowest BCUT2D eigenvalue weighted by Gasteiger charge is -2.35. The molecule has 210 valence electrons. The predicted octanol–water partition coefficient (Wildman–Crippen LogP) is 3.43. The summed E-state index contributed by atoms with van der Waals surface area (Å²) in [7, 11) is 1.72. The topological polar surface area (TPSA) is 103 Å². The Morgan fingerprint density at radius 2 is 1.68 bits per heavy atom. The Morgan fingerprint density at radius 3 is 2.30 bits per heavy atom. The predicted molar refractivity (Wildman–Crippen MR) is 156 cm³/mol. The third-order valence-electron chi connectivity index (χ3n) is 7.20. The van der Waals surface area contributed by atoms with Crippen LogP contribution < -0.4 is 5.32 Å². The highest BCUT2D eigenvalue weighted by molar-refractivity contribution is 8.00. The van der Waals surface area contributed by atoms with E-state index in [-0.39, 0.29) is 18.2 Å². The molecule has 2 N–H and O–H groups in total. The van der Waals surface area contributed by atoms with E-state index in [1.54, 1.807) is 37.2 Å². The molecule has 0 spiro atoms. The number of pyridine rings is 1. The van der Waals surface area contributed by atoms with Gasteiger partial charge >= 0.3 is 0 Å².